The van der Waals surface area contributed by atoms with E-state index >= 15 is 0 Å². The molecule has 1 aliphatic heterocycles. The molecule has 0 fully saturated rings. The highest BCUT2D eigenvalue weighted by Crippen LogP contribution is 2.35. The zero-order valence-electron chi connectivity index (χ0n) is 23.1. The number of fused-ring (bicyclic) bond motifs is 3. The number of aromatic nitrogens is 2. The second-order valence-electron chi connectivity index (χ2n) is 10.6. The lowest BCUT2D eigenvalue weighted by Gasteiger charge is -2.26. The predicted molar refractivity (Wildman–Crippen MR) is 166 cm³/mol. The summed E-state index contributed by atoms with van der Waals surface area (Å²) in [5, 5.41) is 1.52. The van der Waals surface area contributed by atoms with E-state index in [9.17, 15) is 4.79 Å². The summed E-state index contributed by atoms with van der Waals surface area (Å²) in [6, 6.07) is 26.9. The van der Waals surface area contributed by atoms with E-state index in [2.05, 4.69) is 66.4 Å². The van der Waals surface area contributed by atoms with E-state index < -0.39 is 0 Å². The number of rotatable bonds is 8. The Morgan fingerprint density at radius 1 is 1.00 bits per heavy atom. The molecular weight excluding hydrogens is 535 g/mol. The van der Waals surface area contributed by atoms with E-state index in [0.717, 1.165) is 64.0 Å². The maximum absolute atomic E-state index is 14.2. The first kappa shape index (κ1) is 26.8. The molecule has 0 saturated heterocycles. The summed E-state index contributed by atoms with van der Waals surface area (Å²) in [6.45, 7) is 8.81. The first-order valence-electron chi connectivity index (χ1n) is 13.7. The number of thiophene rings is 1. The fourth-order valence-corrected chi connectivity index (χ4v) is 7.50. The van der Waals surface area contributed by atoms with E-state index in [-0.39, 0.29) is 11.7 Å². The van der Waals surface area contributed by atoms with Gasteiger partial charge in [0.2, 0.25) is 0 Å². The molecular formula is C33H33N3O2S2. The van der Waals surface area contributed by atoms with Gasteiger partial charge in [-0.25, -0.2) is 4.98 Å². The van der Waals surface area contributed by atoms with Crippen LogP contribution in [0.4, 0.5) is 0 Å². The van der Waals surface area contributed by atoms with Gasteiger partial charge in [0, 0.05) is 30.3 Å². The van der Waals surface area contributed by atoms with Gasteiger partial charge in [-0.1, -0.05) is 66.4 Å². The van der Waals surface area contributed by atoms with Crippen LogP contribution in [0.2, 0.25) is 0 Å². The topological polar surface area (TPSA) is 47.4 Å². The Kier molecular flexibility index (Phi) is 7.78. The van der Waals surface area contributed by atoms with Gasteiger partial charge < -0.3 is 4.74 Å². The highest BCUT2D eigenvalue weighted by Gasteiger charge is 2.26. The van der Waals surface area contributed by atoms with Crippen molar-refractivity contribution < 1.29 is 4.74 Å². The number of nitrogens with zero attached hydrogens (tertiary/aromatic N) is 3. The molecule has 0 atom stereocenters. The molecule has 0 amide bonds. The molecule has 40 heavy (non-hydrogen) atoms. The largest absolute Gasteiger partial charge is 0.491 e. The number of ether oxygens (including phenoxy) is 1. The van der Waals surface area contributed by atoms with E-state index in [0.29, 0.717) is 5.75 Å². The molecule has 5 nitrogen and oxygen atoms in total. The van der Waals surface area contributed by atoms with Crippen LogP contribution in [0.5, 0.6) is 5.75 Å². The van der Waals surface area contributed by atoms with Gasteiger partial charge in [-0.05, 0) is 73.7 Å². The Balaban J connectivity index is 1.35. The van der Waals surface area contributed by atoms with Crippen LogP contribution in [-0.4, -0.2) is 27.1 Å². The summed E-state index contributed by atoms with van der Waals surface area (Å²) in [5.41, 5.74) is 5.67. The zero-order chi connectivity index (χ0) is 27.6. The van der Waals surface area contributed by atoms with E-state index in [1.807, 2.05) is 42.7 Å². The van der Waals surface area contributed by atoms with E-state index in [4.69, 9.17) is 9.72 Å². The van der Waals surface area contributed by atoms with Crippen molar-refractivity contribution in [2.45, 2.75) is 57.3 Å². The van der Waals surface area contributed by atoms with Crippen LogP contribution in [0.3, 0.4) is 0 Å². The lowest BCUT2D eigenvalue weighted by atomic mass is 10.0. The maximum Gasteiger partial charge on any atom is 0.267 e. The quantitative estimate of drug-likeness (QED) is 0.145. The van der Waals surface area contributed by atoms with Crippen molar-refractivity contribution in [3.63, 3.8) is 0 Å². The third-order valence-electron chi connectivity index (χ3n) is 7.09. The third-order valence-corrected chi connectivity index (χ3v) is 9.22. The van der Waals surface area contributed by atoms with Crippen molar-refractivity contribution >= 4 is 33.3 Å². The minimum Gasteiger partial charge on any atom is -0.491 e. The molecule has 2 aromatic heterocycles. The van der Waals surface area contributed by atoms with Crippen LogP contribution in [0.15, 0.2) is 88.8 Å². The Morgan fingerprint density at radius 3 is 2.55 bits per heavy atom. The third kappa shape index (κ3) is 5.73. The van der Waals surface area contributed by atoms with Crippen molar-refractivity contribution in [1.29, 1.82) is 0 Å². The fraction of sp³-hybridized carbons (Fsp3) is 0.273. The molecule has 0 unspecified atom stereocenters. The smallest absolute Gasteiger partial charge is 0.267 e. The molecule has 204 valence electrons. The molecule has 3 heterocycles. The first-order valence-corrected chi connectivity index (χ1v) is 15.5. The number of aryl methyl sites for hydroxylation is 1. The summed E-state index contributed by atoms with van der Waals surface area (Å²) in [7, 11) is 0. The van der Waals surface area contributed by atoms with Gasteiger partial charge in [-0.15, -0.1) is 11.3 Å². The van der Waals surface area contributed by atoms with Gasteiger partial charge in [0.05, 0.1) is 17.2 Å². The number of hydrogen-bond acceptors (Lipinski definition) is 6. The average molecular weight is 568 g/mol. The zero-order valence-corrected chi connectivity index (χ0v) is 24.7. The molecule has 0 spiro atoms. The van der Waals surface area contributed by atoms with Crippen molar-refractivity contribution in [2.24, 2.45) is 0 Å². The number of benzene rings is 3. The van der Waals surface area contributed by atoms with E-state index in [1.165, 1.54) is 16.0 Å². The van der Waals surface area contributed by atoms with Crippen LogP contribution < -0.4 is 10.3 Å². The lowest BCUT2D eigenvalue weighted by Crippen LogP contribution is -2.30. The Morgan fingerprint density at radius 2 is 1.80 bits per heavy atom. The highest BCUT2D eigenvalue weighted by atomic mass is 32.2. The molecule has 6 rings (SSSR count). The summed E-state index contributed by atoms with van der Waals surface area (Å²) in [6.07, 6.45) is 1.01. The van der Waals surface area contributed by atoms with Crippen molar-refractivity contribution in [3.05, 3.63) is 116 Å². The van der Waals surface area contributed by atoms with Crippen LogP contribution >= 0.6 is 23.1 Å². The van der Waals surface area contributed by atoms with Crippen molar-refractivity contribution in [2.75, 3.05) is 6.54 Å². The standard InChI is InChI=1S/C33H33N3O2S2/c1-22(2)38-27-14-12-25(13-15-27)21-39-33-34-31-30(32(37)36(33)26-11-7-8-23(3)18-26)28-16-17-35(20-29(28)40-31)19-24-9-5-4-6-10-24/h4-15,18,22H,16-17,19-21H2,1-3H3. The summed E-state index contributed by atoms with van der Waals surface area (Å²) in [4.78, 5) is 23.9. The molecule has 7 heteroatoms. The molecule has 0 N–H and O–H groups in total. The van der Waals surface area contributed by atoms with E-state index in [1.54, 1.807) is 23.1 Å². The second-order valence-corrected chi connectivity index (χ2v) is 12.6. The van der Waals surface area contributed by atoms with Gasteiger partial charge in [-0.2, -0.15) is 0 Å². The minimum atomic E-state index is 0.0350. The average Bonchev–Trinajstić information content (AvgIpc) is 3.31. The molecule has 1 aliphatic rings. The highest BCUT2D eigenvalue weighted by molar-refractivity contribution is 7.98. The molecule has 3 aromatic carbocycles. The second kappa shape index (κ2) is 11.6. The predicted octanol–water partition coefficient (Wildman–Crippen LogP) is 7.39. The Hall–Kier alpha value is -3.39. The van der Waals surface area contributed by atoms with Gasteiger partial charge >= 0.3 is 0 Å². The fourth-order valence-electron chi connectivity index (χ4n) is 5.23. The molecule has 0 radical (unpaired) electrons. The number of thioether (sulfide) groups is 1. The lowest BCUT2D eigenvalue weighted by molar-refractivity contribution is 0.242. The Bertz CT molecular complexity index is 1690. The van der Waals surface area contributed by atoms with Crippen LogP contribution in [0.1, 0.15) is 41.0 Å². The van der Waals surface area contributed by atoms with Crippen LogP contribution in [0.25, 0.3) is 15.9 Å². The van der Waals surface area contributed by atoms with Crippen molar-refractivity contribution in [3.8, 4) is 11.4 Å². The summed E-state index contributed by atoms with van der Waals surface area (Å²) >= 11 is 3.29. The summed E-state index contributed by atoms with van der Waals surface area (Å²) in [5.74, 6) is 1.58. The molecule has 5 aromatic rings. The van der Waals surface area contributed by atoms with Gasteiger partial charge in [0.25, 0.3) is 5.56 Å². The first-order chi connectivity index (χ1) is 19.4. The monoisotopic (exact) mass is 567 g/mol. The van der Waals surface area contributed by atoms with Crippen molar-refractivity contribution in [1.82, 2.24) is 14.5 Å². The van der Waals surface area contributed by atoms with Gasteiger partial charge in [0.15, 0.2) is 5.16 Å². The maximum atomic E-state index is 14.2. The molecule has 0 bridgehead atoms. The number of hydrogen-bond donors (Lipinski definition) is 0. The van der Waals surface area contributed by atoms with Crippen LogP contribution in [-0.2, 0) is 25.3 Å². The van der Waals surface area contributed by atoms with Crippen LogP contribution in [0, 0.1) is 6.92 Å². The minimum absolute atomic E-state index is 0.0350. The SMILES string of the molecule is Cc1cccc(-n2c(SCc3ccc(OC(C)C)cc3)nc3sc4c(c3c2=O)CCN(Cc2ccccc2)C4)c1. The summed E-state index contributed by atoms with van der Waals surface area (Å²) < 4.78 is 7.62. The molecule has 0 saturated carbocycles. The Labute approximate surface area is 243 Å². The van der Waals surface area contributed by atoms with Gasteiger partial charge in [-0.3, -0.25) is 14.3 Å². The normalized spacial score (nSPS) is 13.6. The van der Waals surface area contributed by atoms with Gasteiger partial charge in [0.1, 0.15) is 10.6 Å². The molecule has 0 aliphatic carbocycles.